The number of ether oxygens (including phenoxy) is 1. The summed E-state index contributed by atoms with van der Waals surface area (Å²) in [6, 6.07) is 3.49. The molecule has 0 aliphatic carbocycles. The number of imidazole rings is 1. The van der Waals surface area contributed by atoms with Crippen LogP contribution in [0.3, 0.4) is 0 Å². The summed E-state index contributed by atoms with van der Waals surface area (Å²) in [5.74, 6) is -0.136. The number of hydrogen-bond acceptors (Lipinski definition) is 7. The smallest absolute Gasteiger partial charge is 0.383 e. The van der Waals surface area contributed by atoms with Crippen molar-refractivity contribution in [1.29, 1.82) is 5.26 Å². The Morgan fingerprint density at radius 1 is 1.21 bits per heavy atom. The molecule has 1 aliphatic heterocycles. The number of aryl methyl sites for hydroxylation is 2. The zero-order valence-corrected chi connectivity index (χ0v) is 21.8. The van der Waals surface area contributed by atoms with Crippen LogP contribution in [0.4, 0.5) is 23.4 Å². The van der Waals surface area contributed by atoms with Crippen LogP contribution in [0.15, 0.2) is 23.0 Å². The third-order valence-electron chi connectivity index (χ3n) is 7.20. The molecule has 1 aromatic carbocycles. The quantitative estimate of drug-likeness (QED) is 0.448. The summed E-state index contributed by atoms with van der Waals surface area (Å²) in [5.41, 5.74) is -0.565. The predicted molar refractivity (Wildman–Crippen MR) is 132 cm³/mol. The number of alkyl halides is 3. The molecule has 3 atom stereocenters. The van der Waals surface area contributed by atoms with Crippen molar-refractivity contribution in [2.24, 2.45) is 14.1 Å². The molecule has 1 aliphatic rings. The molecule has 0 saturated carbocycles. The predicted octanol–water partition coefficient (Wildman–Crippen LogP) is 3.18. The monoisotopic (exact) mass is 535 g/mol. The number of piperazine rings is 1. The van der Waals surface area contributed by atoms with Gasteiger partial charge in [0.15, 0.2) is 5.82 Å². The van der Waals surface area contributed by atoms with E-state index in [1.165, 1.54) is 17.7 Å². The van der Waals surface area contributed by atoms with Crippen LogP contribution in [0.25, 0.3) is 11.2 Å². The first kappa shape index (κ1) is 27.5. The molecule has 9 nitrogen and oxygen atoms in total. The highest BCUT2D eigenvalue weighted by Gasteiger charge is 2.40. The topological polar surface area (TPSA) is 92.2 Å². The fourth-order valence-electron chi connectivity index (χ4n) is 5.32. The van der Waals surface area contributed by atoms with Crippen LogP contribution >= 0.6 is 0 Å². The average Bonchev–Trinajstić information content (AvgIpc) is 3.18. The summed E-state index contributed by atoms with van der Waals surface area (Å²) in [6.07, 6.45) is -4.66. The van der Waals surface area contributed by atoms with E-state index in [1.54, 1.807) is 25.6 Å². The van der Waals surface area contributed by atoms with Crippen LogP contribution in [0.2, 0.25) is 0 Å². The molecule has 2 aromatic heterocycles. The third-order valence-corrected chi connectivity index (χ3v) is 7.20. The Kier molecular flexibility index (Phi) is 7.49. The fourth-order valence-corrected chi connectivity index (χ4v) is 5.32. The molecule has 4 rings (SSSR count). The molecule has 1 saturated heterocycles. The largest absolute Gasteiger partial charge is 0.416 e. The molecule has 3 heterocycles. The van der Waals surface area contributed by atoms with Gasteiger partial charge in [-0.2, -0.15) is 23.4 Å². The van der Waals surface area contributed by atoms with E-state index in [0.717, 1.165) is 6.07 Å². The third kappa shape index (κ3) is 4.86. The second kappa shape index (κ2) is 10.3. The number of benzene rings is 1. The highest BCUT2D eigenvalue weighted by Crippen LogP contribution is 2.39. The number of fused-ring (bicyclic) bond motifs is 1. The number of anilines is 1. The normalized spacial score (nSPS) is 19.6. The van der Waals surface area contributed by atoms with E-state index >= 15 is 0 Å². The molecule has 0 bridgehead atoms. The Hall–Kier alpha value is -3.50. The summed E-state index contributed by atoms with van der Waals surface area (Å²) in [6.45, 7) is 4.37. The van der Waals surface area contributed by atoms with Crippen molar-refractivity contribution < 1.29 is 22.3 Å². The molecular formula is C25H29F4N7O2. The number of methoxy groups -OCH3 is 1. The molecule has 38 heavy (non-hydrogen) atoms. The van der Waals surface area contributed by atoms with Crippen LogP contribution in [-0.4, -0.2) is 62.9 Å². The van der Waals surface area contributed by atoms with Gasteiger partial charge in [0.2, 0.25) is 0 Å². The van der Waals surface area contributed by atoms with Crippen LogP contribution in [0, 0.1) is 17.1 Å². The van der Waals surface area contributed by atoms with E-state index in [9.17, 15) is 27.6 Å². The summed E-state index contributed by atoms with van der Waals surface area (Å²) in [7, 11) is 4.82. The lowest BCUT2D eigenvalue weighted by Crippen LogP contribution is -2.60. The molecular weight excluding hydrogens is 506 g/mol. The van der Waals surface area contributed by atoms with Gasteiger partial charge < -0.3 is 14.2 Å². The molecule has 204 valence electrons. The SMILES string of the molecule is COC[C@H]1CN(C(C)c2ccc(F)cc2C(F)(F)F)[C@H](C)CN1c1nc(=O)n(C)c2c1nc(CC#N)n2C. The molecule has 13 heteroatoms. The minimum atomic E-state index is -4.71. The summed E-state index contributed by atoms with van der Waals surface area (Å²) >= 11 is 0. The molecule has 3 aromatic rings. The number of aromatic nitrogens is 4. The fraction of sp³-hybridized carbons (Fsp3) is 0.520. The number of nitriles is 1. The van der Waals surface area contributed by atoms with Gasteiger partial charge in [0, 0.05) is 46.4 Å². The van der Waals surface area contributed by atoms with Crippen LogP contribution < -0.4 is 10.6 Å². The Morgan fingerprint density at radius 3 is 2.55 bits per heavy atom. The van der Waals surface area contributed by atoms with Crippen molar-refractivity contribution in [3.63, 3.8) is 0 Å². The molecule has 1 fully saturated rings. The lowest BCUT2D eigenvalue weighted by molar-refractivity contribution is -0.139. The molecule has 0 spiro atoms. The maximum atomic E-state index is 13.8. The van der Waals surface area contributed by atoms with Crippen LogP contribution in [-0.2, 0) is 31.4 Å². The summed E-state index contributed by atoms with van der Waals surface area (Å²) in [5, 5.41) is 9.21. The van der Waals surface area contributed by atoms with Crippen LogP contribution in [0.1, 0.15) is 36.8 Å². The minimum absolute atomic E-state index is 0.0182. The zero-order valence-electron chi connectivity index (χ0n) is 21.8. The van der Waals surface area contributed by atoms with Gasteiger partial charge in [0.05, 0.1) is 30.7 Å². The van der Waals surface area contributed by atoms with Crippen molar-refractivity contribution in [1.82, 2.24) is 24.0 Å². The number of halogens is 4. The summed E-state index contributed by atoms with van der Waals surface area (Å²) in [4.78, 5) is 25.5. The first-order valence-electron chi connectivity index (χ1n) is 12.1. The maximum Gasteiger partial charge on any atom is 0.416 e. The molecule has 0 N–H and O–H groups in total. The lowest BCUT2D eigenvalue weighted by atomic mass is 9.96. The number of nitrogens with zero attached hydrogens (tertiary/aromatic N) is 7. The highest BCUT2D eigenvalue weighted by molar-refractivity contribution is 5.84. The Labute approximate surface area is 216 Å². The van der Waals surface area contributed by atoms with Gasteiger partial charge >= 0.3 is 11.9 Å². The molecule has 0 radical (unpaired) electrons. The average molecular weight is 536 g/mol. The van der Waals surface area contributed by atoms with Gasteiger partial charge in [0.1, 0.15) is 22.8 Å². The second-order valence-electron chi connectivity index (χ2n) is 9.58. The van der Waals surface area contributed by atoms with E-state index in [2.05, 4.69) is 16.0 Å². The molecule has 1 unspecified atom stereocenters. The second-order valence-corrected chi connectivity index (χ2v) is 9.58. The first-order chi connectivity index (χ1) is 17.9. The van der Waals surface area contributed by atoms with E-state index in [-0.39, 0.29) is 30.7 Å². The van der Waals surface area contributed by atoms with Crippen molar-refractivity contribution >= 4 is 17.0 Å². The van der Waals surface area contributed by atoms with Crippen LogP contribution in [0.5, 0.6) is 0 Å². The molecule has 0 amide bonds. The zero-order chi connectivity index (χ0) is 27.9. The summed E-state index contributed by atoms with van der Waals surface area (Å²) < 4.78 is 63.5. The highest BCUT2D eigenvalue weighted by atomic mass is 19.4. The maximum absolute atomic E-state index is 13.8. The van der Waals surface area contributed by atoms with E-state index < -0.39 is 29.3 Å². The van der Waals surface area contributed by atoms with E-state index in [4.69, 9.17) is 4.74 Å². The van der Waals surface area contributed by atoms with Crippen molar-refractivity contribution in [2.75, 3.05) is 31.7 Å². The van der Waals surface area contributed by atoms with Gasteiger partial charge in [-0.15, -0.1) is 0 Å². The van der Waals surface area contributed by atoms with Gasteiger partial charge in [-0.05, 0) is 31.5 Å². The standard InChI is InChI=1S/C25H29F4N7O2/c1-14-11-36(22-21-23(34(4)24(37)32-22)33(3)20(31-21)8-9-30)17(13-38-5)12-35(14)15(2)18-7-6-16(26)10-19(18)25(27,28)29/h6-7,10,14-15,17H,8,11-13H2,1-5H3/t14-,15?,17-/m1/s1. The number of rotatable bonds is 6. The van der Waals surface area contributed by atoms with Crippen molar-refractivity contribution in [3.8, 4) is 6.07 Å². The van der Waals surface area contributed by atoms with Gasteiger partial charge in [-0.1, -0.05) is 6.07 Å². The van der Waals surface area contributed by atoms with Gasteiger partial charge in [-0.25, -0.2) is 14.2 Å². The van der Waals surface area contributed by atoms with Crippen molar-refractivity contribution in [3.05, 3.63) is 51.5 Å². The Bertz CT molecular complexity index is 1440. The van der Waals surface area contributed by atoms with Gasteiger partial charge in [-0.3, -0.25) is 9.47 Å². The number of hydrogen-bond donors (Lipinski definition) is 0. The Balaban J connectivity index is 1.76. The van der Waals surface area contributed by atoms with Crippen molar-refractivity contribution in [2.45, 2.75) is 44.6 Å². The van der Waals surface area contributed by atoms with E-state index in [1.807, 2.05) is 16.7 Å². The lowest BCUT2D eigenvalue weighted by Gasteiger charge is -2.48. The van der Waals surface area contributed by atoms with Gasteiger partial charge in [0.25, 0.3) is 0 Å². The Morgan fingerprint density at radius 2 is 1.92 bits per heavy atom. The van der Waals surface area contributed by atoms with E-state index in [0.29, 0.717) is 42.0 Å². The first-order valence-corrected chi connectivity index (χ1v) is 12.1. The minimum Gasteiger partial charge on any atom is -0.383 e.